The first kappa shape index (κ1) is 21.3. The first-order chi connectivity index (χ1) is 14.5. The van der Waals surface area contributed by atoms with Crippen LogP contribution in [0.3, 0.4) is 0 Å². The Morgan fingerprint density at radius 2 is 2.10 bits per heavy atom. The molecular weight excluding hydrogens is 418 g/mol. The average molecular weight is 446 g/mol. The Kier molecular flexibility index (Phi) is 6.44. The third-order valence-electron chi connectivity index (χ3n) is 5.36. The van der Waals surface area contributed by atoms with Gasteiger partial charge in [-0.2, -0.15) is 0 Å². The summed E-state index contributed by atoms with van der Waals surface area (Å²) in [5.41, 5.74) is 2.05. The maximum Gasteiger partial charge on any atom is 0.180 e. The number of halogens is 1. The standard InChI is InChI=1S/C23H28ClN3O2S/c1-5-16-13-30-23-26-20(18-9-7-8-10-25-18)21(27(16)23)15-11-17(24)22(29-14(3)4)19(12-15)28-6-2/h7-12,14,16,20-21H,5-6,13H2,1-4H3/t16-,20-,21+/m0/s1. The topological polar surface area (TPSA) is 47.0 Å². The van der Waals surface area contributed by atoms with E-state index in [1.807, 2.05) is 56.9 Å². The number of aliphatic imine (C=N–C) groups is 1. The fourth-order valence-electron chi connectivity index (χ4n) is 4.08. The van der Waals surface area contributed by atoms with Crippen LogP contribution in [0.25, 0.3) is 0 Å². The third-order valence-corrected chi connectivity index (χ3v) is 6.76. The van der Waals surface area contributed by atoms with Gasteiger partial charge in [-0.15, -0.1) is 0 Å². The summed E-state index contributed by atoms with van der Waals surface area (Å²) in [5, 5.41) is 1.66. The van der Waals surface area contributed by atoms with Crippen LogP contribution in [0.15, 0.2) is 41.5 Å². The van der Waals surface area contributed by atoms with Gasteiger partial charge in [-0.1, -0.05) is 36.4 Å². The monoisotopic (exact) mass is 445 g/mol. The number of thioether (sulfide) groups is 1. The number of amidine groups is 1. The molecule has 3 atom stereocenters. The predicted octanol–water partition coefficient (Wildman–Crippen LogP) is 5.90. The second-order valence-corrected chi connectivity index (χ2v) is 9.16. The number of fused-ring (bicyclic) bond motifs is 1. The van der Waals surface area contributed by atoms with Crippen LogP contribution in [-0.4, -0.2) is 39.6 Å². The number of nitrogens with zero attached hydrogens (tertiary/aromatic N) is 3. The van der Waals surface area contributed by atoms with Gasteiger partial charge in [0.25, 0.3) is 0 Å². The van der Waals surface area contributed by atoms with Crippen molar-refractivity contribution < 1.29 is 9.47 Å². The van der Waals surface area contributed by atoms with E-state index in [0.717, 1.165) is 28.6 Å². The van der Waals surface area contributed by atoms with Gasteiger partial charge in [0.2, 0.25) is 0 Å². The summed E-state index contributed by atoms with van der Waals surface area (Å²) in [6, 6.07) is 10.5. The van der Waals surface area contributed by atoms with Crippen molar-refractivity contribution in [1.29, 1.82) is 0 Å². The summed E-state index contributed by atoms with van der Waals surface area (Å²) in [6.07, 6.45) is 2.91. The van der Waals surface area contributed by atoms with Crippen molar-refractivity contribution in [2.45, 2.75) is 58.3 Å². The second kappa shape index (κ2) is 9.06. The fourth-order valence-corrected chi connectivity index (χ4v) is 5.68. The SMILES string of the molecule is CCOc1cc([C@@H]2[C@H](c3ccccn3)N=C3SC[C@H](CC)N32)cc(Cl)c1OC(C)C. The van der Waals surface area contributed by atoms with Crippen LogP contribution in [0.5, 0.6) is 11.5 Å². The summed E-state index contributed by atoms with van der Waals surface area (Å²) < 4.78 is 11.9. The molecule has 3 heterocycles. The molecule has 1 aromatic heterocycles. The molecule has 0 amide bonds. The van der Waals surface area contributed by atoms with Gasteiger partial charge >= 0.3 is 0 Å². The smallest absolute Gasteiger partial charge is 0.180 e. The lowest BCUT2D eigenvalue weighted by atomic mass is 9.95. The number of pyridine rings is 1. The molecule has 1 saturated heterocycles. The maximum absolute atomic E-state index is 6.72. The molecule has 1 fully saturated rings. The second-order valence-electron chi connectivity index (χ2n) is 7.77. The van der Waals surface area contributed by atoms with E-state index < -0.39 is 0 Å². The molecule has 0 aliphatic carbocycles. The van der Waals surface area contributed by atoms with Crippen molar-refractivity contribution in [2.24, 2.45) is 4.99 Å². The van der Waals surface area contributed by atoms with Gasteiger partial charge < -0.3 is 14.4 Å². The minimum atomic E-state index is -0.0783. The van der Waals surface area contributed by atoms with E-state index in [9.17, 15) is 0 Å². The molecule has 0 radical (unpaired) electrons. The van der Waals surface area contributed by atoms with Crippen LogP contribution < -0.4 is 9.47 Å². The van der Waals surface area contributed by atoms with Crippen molar-refractivity contribution in [2.75, 3.05) is 12.4 Å². The van der Waals surface area contributed by atoms with Gasteiger partial charge in [0.05, 0.1) is 29.5 Å². The lowest BCUT2D eigenvalue weighted by Gasteiger charge is -2.32. The number of rotatable bonds is 7. The Labute approximate surface area is 187 Å². The summed E-state index contributed by atoms with van der Waals surface area (Å²) >= 11 is 8.55. The fraction of sp³-hybridized carbons (Fsp3) is 0.478. The number of hydrogen-bond donors (Lipinski definition) is 0. The number of aromatic nitrogens is 1. The average Bonchev–Trinajstić information content (AvgIpc) is 3.30. The van der Waals surface area contributed by atoms with Gasteiger partial charge in [-0.3, -0.25) is 9.98 Å². The normalized spacial score (nSPS) is 22.9. The van der Waals surface area contributed by atoms with E-state index in [1.165, 1.54) is 0 Å². The van der Waals surface area contributed by atoms with Crippen LogP contribution in [0.2, 0.25) is 5.02 Å². The predicted molar refractivity (Wildman–Crippen MR) is 124 cm³/mol. The first-order valence-corrected chi connectivity index (χ1v) is 11.9. The van der Waals surface area contributed by atoms with Crippen LogP contribution >= 0.6 is 23.4 Å². The van der Waals surface area contributed by atoms with E-state index in [-0.39, 0.29) is 18.2 Å². The Morgan fingerprint density at radius 3 is 2.77 bits per heavy atom. The molecule has 5 nitrogen and oxygen atoms in total. The molecule has 1 aromatic carbocycles. The molecule has 4 rings (SSSR count). The van der Waals surface area contributed by atoms with E-state index in [1.54, 1.807) is 0 Å². The Morgan fingerprint density at radius 1 is 1.27 bits per heavy atom. The van der Waals surface area contributed by atoms with Gasteiger partial charge in [-0.05, 0) is 57.0 Å². The van der Waals surface area contributed by atoms with E-state index in [4.69, 9.17) is 26.1 Å². The zero-order valence-corrected chi connectivity index (χ0v) is 19.4. The maximum atomic E-state index is 6.72. The van der Waals surface area contributed by atoms with E-state index in [0.29, 0.717) is 29.2 Å². The molecule has 7 heteroatoms. The van der Waals surface area contributed by atoms with Crippen LogP contribution in [0, 0.1) is 0 Å². The highest BCUT2D eigenvalue weighted by molar-refractivity contribution is 8.14. The molecule has 160 valence electrons. The Balaban J connectivity index is 1.81. The van der Waals surface area contributed by atoms with E-state index >= 15 is 0 Å². The van der Waals surface area contributed by atoms with E-state index in [2.05, 4.69) is 28.9 Å². The number of ether oxygens (including phenoxy) is 2. The number of benzene rings is 1. The summed E-state index contributed by atoms with van der Waals surface area (Å²) in [6.45, 7) is 8.72. The molecule has 0 N–H and O–H groups in total. The molecule has 0 unspecified atom stereocenters. The first-order valence-electron chi connectivity index (χ1n) is 10.6. The zero-order chi connectivity index (χ0) is 21.3. The molecule has 2 aromatic rings. The van der Waals surface area contributed by atoms with Gasteiger partial charge in [0.1, 0.15) is 6.04 Å². The minimum Gasteiger partial charge on any atom is -0.490 e. The molecular formula is C23H28ClN3O2S. The highest BCUT2D eigenvalue weighted by Gasteiger charge is 2.45. The van der Waals surface area contributed by atoms with Crippen molar-refractivity contribution in [3.63, 3.8) is 0 Å². The van der Waals surface area contributed by atoms with Crippen LogP contribution in [0.1, 0.15) is 57.5 Å². The lowest BCUT2D eigenvalue weighted by molar-refractivity contribution is 0.222. The largest absolute Gasteiger partial charge is 0.490 e. The molecule has 2 aliphatic heterocycles. The van der Waals surface area contributed by atoms with Gasteiger partial charge in [0, 0.05) is 18.0 Å². The van der Waals surface area contributed by atoms with Crippen molar-refractivity contribution in [1.82, 2.24) is 9.88 Å². The summed E-state index contributed by atoms with van der Waals surface area (Å²) in [4.78, 5) is 12.2. The van der Waals surface area contributed by atoms with Crippen LogP contribution in [0.4, 0.5) is 0 Å². The quantitative estimate of drug-likeness (QED) is 0.530. The highest BCUT2D eigenvalue weighted by atomic mass is 35.5. The zero-order valence-electron chi connectivity index (χ0n) is 17.8. The third kappa shape index (κ3) is 4.00. The molecule has 2 aliphatic rings. The molecule has 0 bridgehead atoms. The summed E-state index contributed by atoms with van der Waals surface area (Å²) in [7, 11) is 0. The molecule has 0 saturated carbocycles. The Hall–Kier alpha value is -1.92. The molecule has 0 spiro atoms. The van der Waals surface area contributed by atoms with Crippen molar-refractivity contribution >= 4 is 28.5 Å². The minimum absolute atomic E-state index is 0.00898. The molecule has 30 heavy (non-hydrogen) atoms. The highest BCUT2D eigenvalue weighted by Crippen LogP contribution is 2.50. The van der Waals surface area contributed by atoms with Gasteiger partial charge in [-0.25, -0.2) is 0 Å². The van der Waals surface area contributed by atoms with Gasteiger partial charge in [0.15, 0.2) is 16.7 Å². The Bertz CT molecular complexity index is 922. The number of hydrogen-bond acceptors (Lipinski definition) is 6. The van der Waals surface area contributed by atoms with Crippen LogP contribution in [-0.2, 0) is 0 Å². The lowest BCUT2D eigenvalue weighted by Crippen LogP contribution is -2.35. The van der Waals surface area contributed by atoms with Crippen molar-refractivity contribution in [3.8, 4) is 11.5 Å². The van der Waals surface area contributed by atoms with Crippen molar-refractivity contribution in [3.05, 3.63) is 52.8 Å². The summed E-state index contributed by atoms with van der Waals surface area (Å²) in [5.74, 6) is 2.34.